The molecule has 1 saturated heterocycles. The molecule has 34 heavy (non-hydrogen) atoms. The number of nitrogen functional groups attached to an aromatic ring is 1. The van der Waals surface area contributed by atoms with Crippen LogP contribution in [-0.4, -0.2) is 48.3 Å². The molecule has 1 amide bonds. The van der Waals surface area contributed by atoms with E-state index in [2.05, 4.69) is 20.6 Å². The highest BCUT2D eigenvalue weighted by Gasteiger charge is 2.21. The molecule has 3 aliphatic rings. The molecule has 0 atom stereocenters. The molecule has 6 bridgehead atoms. The van der Waals surface area contributed by atoms with E-state index in [0.29, 0.717) is 55.9 Å². The third kappa shape index (κ3) is 5.11. The van der Waals surface area contributed by atoms with Crippen LogP contribution in [0.5, 0.6) is 5.75 Å². The number of hydrogen-bond donors (Lipinski definition) is 3. The van der Waals surface area contributed by atoms with Crippen LogP contribution in [0.15, 0.2) is 48.7 Å². The first-order chi connectivity index (χ1) is 16.7. The second-order valence-corrected chi connectivity index (χ2v) is 8.31. The number of hydrogen-bond acceptors (Lipinski definition) is 8. The predicted molar refractivity (Wildman–Crippen MR) is 128 cm³/mol. The Bertz CT molecular complexity index is 1180. The number of ether oxygens (including phenoxy) is 3. The smallest absolute Gasteiger partial charge is 0.251 e. The fourth-order valence-electron chi connectivity index (χ4n) is 3.80. The van der Waals surface area contributed by atoms with Gasteiger partial charge in [0.2, 0.25) is 5.95 Å². The van der Waals surface area contributed by atoms with Gasteiger partial charge in [-0.1, -0.05) is 0 Å². The first-order valence-corrected chi connectivity index (χ1v) is 11.4. The average molecular weight is 462 g/mol. The lowest BCUT2D eigenvalue weighted by atomic mass is 10.1. The Morgan fingerprint density at radius 3 is 2.79 bits per heavy atom. The van der Waals surface area contributed by atoms with Crippen molar-refractivity contribution in [1.82, 2.24) is 15.3 Å². The van der Waals surface area contributed by atoms with Crippen LogP contribution in [0.2, 0.25) is 0 Å². The van der Waals surface area contributed by atoms with Gasteiger partial charge in [-0.05, 0) is 55.3 Å². The van der Waals surface area contributed by atoms with E-state index < -0.39 is 0 Å². The van der Waals surface area contributed by atoms with Crippen molar-refractivity contribution in [3.05, 3.63) is 59.8 Å². The maximum atomic E-state index is 12.5. The van der Waals surface area contributed by atoms with Crippen LogP contribution < -0.4 is 21.1 Å². The van der Waals surface area contributed by atoms with Crippen molar-refractivity contribution in [2.45, 2.75) is 25.6 Å². The zero-order valence-corrected chi connectivity index (χ0v) is 18.8. The molecule has 1 aromatic heterocycles. The van der Waals surface area contributed by atoms with E-state index in [0.717, 1.165) is 35.4 Å². The fraction of sp³-hybridized carbons (Fsp3) is 0.320. The summed E-state index contributed by atoms with van der Waals surface area (Å²) in [5.41, 5.74) is 10.4. The molecule has 6 rings (SSSR count). The van der Waals surface area contributed by atoms with Crippen LogP contribution in [0.25, 0.3) is 11.3 Å². The van der Waals surface area contributed by atoms with E-state index in [1.54, 1.807) is 24.4 Å². The standard InChI is InChI=1S/C25H27N5O4/c26-21-12-16-3-5-20(21)22-7-9-28-25(30-22)29-18-4-6-23(34-19-14-33-15-19)17(11-18)13-32-10-2-1-8-27-24(16)31/h3-7,9,11-12,19H,1-2,8,10,13-15,26H2,(H,27,31)(H,28,29,30). The summed E-state index contributed by atoms with van der Waals surface area (Å²) in [6, 6.07) is 12.9. The summed E-state index contributed by atoms with van der Waals surface area (Å²) in [6.07, 6.45) is 3.37. The largest absolute Gasteiger partial charge is 0.485 e. The second-order valence-electron chi connectivity index (χ2n) is 8.31. The summed E-state index contributed by atoms with van der Waals surface area (Å²) in [5, 5.41) is 6.20. The third-order valence-corrected chi connectivity index (χ3v) is 5.72. The van der Waals surface area contributed by atoms with Crippen LogP contribution in [0.1, 0.15) is 28.8 Å². The summed E-state index contributed by atoms with van der Waals surface area (Å²) in [5.74, 6) is 1.06. The quantitative estimate of drug-likeness (QED) is 0.497. The molecule has 1 fully saturated rings. The minimum Gasteiger partial charge on any atom is -0.485 e. The van der Waals surface area contributed by atoms with Crippen LogP contribution >= 0.6 is 0 Å². The van der Waals surface area contributed by atoms with Crippen molar-refractivity contribution < 1.29 is 19.0 Å². The van der Waals surface area contributed by atoms with Crippen molar-refractivity contribution >= 4 is 23.2 Å². The highest BCUT2D eigenvalue weighted by molar-refractivity contribution is 5.96. The van der Waals surface area contributed by atoms with Crippen molar-refractivity contribution in [3.63, 3.8) is 0 Å². The van der Waals surface area contributed by atoms with Gasteiger partial charge in [-0.2, -0.15) is 0 Å². The molecule has 9 nitrogen and oxygen atoms in total. The molecule has 0 aliphatic carbocycles. The van der Waals surface area contributed by atoms with Crippen LogP contribution in [0.3, 0.4) is 0 Å². The van der Waals surface area contributed by atoms with E-state index in [-0.39, 0.29) is 12.0 Å². The first-order valence-electron chi connectivity index (χ1n) is 11.4. The summed E-state index contributed by atoms with van der Waals surface area (Å²) < 4.78 is 17.2. The minimum absolute atomic E-state index is 0.0624. The number of benzene rings is 2. The lowest BCUT2D eigenvalue weighted by Gasteiger charge is -2.28. The lowest BCUT2D eigenvalue weighted by Crippen LogP contribution is -2.38. The summed E-state index contributed by atoms with van der Waals surface area (Å²) >= 11 is 0. The second kappa shape index (κ2) is 10.1. The Hall–Kier alpha value is -3.69. The van der Waals surface area contributed by atoms with Crippen molar-refractivity contribution in [2.75, 3.05) is 37.4 Å². The number of anilines is 3. The molecule has 0 unspecified atom stereocenters. The van der Waals surface area contributed by atoms with Gasteiger partial charge in [-0.3, -0.25) is 4.79 Å². The number of rotatable bonds is 2. The number of carbonyl (C=O) groups excluding carboxylic acids is 1. The van der Waals surface area contributed by atoms with Gasteiger partial charge in [0.1, 0.15) is 11.9 Å². The van der Waals surface area contributed by atoms with Gasteiger partial charge < -0.3 is 30.6 Å². The molecule has 4 N–H and O–H groups in total. The zero-order chi connectivity index (χ0) is 23.3. The van der Waals surface area contributed by atoms with Gasteiger partial charge in [0, 0.05) is 47.4 Å². The van der Waals surface area contributed by atoms with Crippen LogP contribution in [0.4, 0.5) is 17.3 Å². The van der Waals surface area contributed by atoms with Crippen LogP contribution in [0, 0.1) is 0 Å². The van der Waals surface area contributed by atoms with Gasteiger partial charge in [0.25, 0.3) is 5.91 Å². The Morgan fingerprint density at radius 2 is 1.97 bits per heavy atom. The third-order valence-electron chi connectivity index (χ3n) is 5.72. The highest BCUT2D eigenvalue weighted by Crippen LogP contribution is 2.29. The molecular weight excluding hydrogens is 434 g/mol. The molecule has 4 heterocycles. The number of carbonyl (C=O) groups is 1. The molecule has 3 aliphatic heterocycles. The normalized spacial score (nSPS) is 16.9. The SMILES string of the molecule is Nc1cc2ccc1-c1ccnc(n1)Nc1ccc(OC3COC3)c(c1)COCCCCNC2=O. The lowest BCUT2D eigenvalue weighted by molar-refractivity contribution is -0.0804. The highest BCUT2D eigenvalue weighted by atomic mass is 16.6. The van der Waals surface area contributed by atoms with E-state index >= 15 is 0 Å². The van der Waals surface area contributed by atoms with Gasteiger partial charge in [-0.15, -0.1) is 0 Å². The van der Waals surface area contributed by atoms with Crippen LogP contribution in [-0.2, 0) is 16.1 Å². The number of amides is 1. The van der Waals surface area contributed by atoms with Gasteiger partial charge in [-0.25, -0.2) is 9.97 Å². The molecule has 0 saturated carbocycles. The topological polar surface area (TPSA) is 121 Å². The van der Waals surface area contributed by atoms with Gasteiger partial charge in [0.15, 0.2) is 0 Å². The zero-order valence-electron chi connectivity index (χ0n) is 18.8. The first kappa shape index (κ1) is 22.1. The maximum Gasteiger partial charge on any atom is 0.251 e. The monoisotopic (exact) mass is 461 g/mol. The molecular formula is C25H27N5O4. The molecule has 9 heteroatoms. The molecule has 0 spiro atoms. The Labute approximate surface area is 197 Å². The van der Waals surface area contributed by atoms with E-state index in [4.69, 9.17) is 19.9 Å². The maximum absolute atomic E-state index is 12.5. The Kier molecular flexibility index (Phi) is 6.55. The Morgan fingerprint density at radius 1 is 1.06 bits per heavy atom. The van der Waals surface area contributed by atoms with Crippen molar-refractivity contribution in [2.24, 2.45) is 0 Å². The fourth-order valence-corrected chi connectivity index (χ4v) is 3.80. The molecule has 176 valence electrons. The van der Waals surface area contributed by atoms with Gasteiger partial charge >= 0.3 is 0 Å². The number of nitrogens with zero attached hydrogens (tertiary/aromatic N) is 2. The summed E-state index contributed by atoms with van der Waals surface area (Å²) in [4.78, 5) is 21.5. The summed E-state index contributed by atoms with van der Waals surface area (Å²) in [6.45, 7) is 2.74. The molecule has 0 radical (unpaired) electrons. The Balaban J connectivity index is 1.45. The summed E-state index contributed by atoms with van der Waals surface area (Å²) in [7, 11) is 0. The van der Waals surface area contributed by atoms with Gasteiger partial charge in [0.05, 0.1) is 25.5 Å². The van der Waals surface area contributed by atoms with Crippen molar-refractivity contribution in [1.29, 1.82) is 0 Å². The molecule has 3 aromatic rings. The predicted octanol–water partition coefficient (Wildman–Crippen LogP) is 3.29. The van der Waals surface area contributed by atoms with E-state index in [1.165, 1.54) is 0 Å². The minimum atomic E-state index is -0.153. The number of nitrogens with one attached hydrogen (secondary N) is 2. The number of fused-ring (bicyclic) bond motifs is 9. The molecule has 2 aromatic carbocycles. The number of nitrogens with two attached hydrogens (primary N) is 1. The van der Waals surface area contributed by atoms with Crippen molar-refractivity contribution in [3.8, 4) is 17.0 Å². The van der Waals surface area contributed by atoms with E-state index in [1.807, 2.05) is 24.3 Å². The number of aromatic nitrogens is 2. The van der Waals surface area contributed by atoms with E-state index in [9.17, 15) is 4.79 Å². The average Bonchev–Trinajstić information content (AvgIpc) is 2.81.